The second kappa shape index (κ2) is 5.00. The lowest BCUT2D eigenvalue weighted by Gasteiger charge is -2.06. The highest BCUT2D eigenvalue weighted by molar-refractivity contribution is 7.71. The van der Waals surface area contributed by atoms with Gasteiger partial charge in [-0.05, 0) is 48.1 Å². The largest absolute Gasteiger partial charge is 0.330 e. The predicted molar refractivity (Wildman–Crippen MR) is 77.6 cm³/mol. The molecule has 3 rings (SSSR count). The van der Waals surface area contributed by atoms with Gasteiger partial charge in [0.1, 0.15) is 11.6 Å². The van der Waals surface area contributed by atoms with Gasteiger partial charge in [0.2, 0.25) is 0 Å². The van der Waals surface area contributed by atoms with Crippen molar-refractivity contribution in [3.63, 3.8) is 0 Å². The maximum Gasteiger partial charge on any atom is 0.178 e. The summed E-state index contributed by atoms with van der Waals surface area (Å²) in [6.07, 6.45) is 0. The van der Waals surface area contributed by atoms with Crippen LogP contribution in [0.15, 0.2) is 36.4 Å². The second-order valence-electron chi connectivity index (χ2n) is 4.43. The molecular formula is C14H9ClF2N2S. The van der Waals surface area contributed by atoms with E-state index in [9.17, 15) is 8.78 Å². The lowest BCUT2D eigenvalue weighted by molar-refractivity contribution is 0.626. The van der Waals surface area contributed by atoms with Crippen molar-refractivity contribution in [3.05, 3.63) is 63.4 Å². The van der Waals surface area contributed by atoms with Crippen LogP contribution >= 0.6 is 23.8 Å². The molecule has 0 saturated carbocycles. The average Bonchev–Trinajstić information content (AvgIpc) is 2.69. The molecule has 0 radical (unpaired) electrons. The minimum Gasteiger partial charge on any atom is -0.330 e. The van der Waals surface area contributed by atoms with Crippen molar-refractivity contribution in [2.75, 3.05) is 0 Å². The molecule has 3 aromatic rings. The van der Waals surface area contributed by atoms with E-state index in [0.717, 1.165) is 11.1 Å². The molecule has 0 aliphatic rings. The number of halogens is 3. The number of hydrogen-bond acceptors (Lipinski definition) is 1. The molecule has 2 nitrogen and oxygen atoms in total. The number of nitrogens with zero attached hydrogens (tertiary/aromatic N) is 1. The molecule has 0 spiro atoms. The van der Waals surface area contributed by atoms with Crippen molar-refractivity contribution in [2.45, 2.75) is 6.54 Å². The second-order valence-corrected chi connectivity index (χ2v) is 5.22. The van der Waals surface area contributed by atoms with Gasteiger partial charge >= 0.3 is 0 Å². The van der Waals surface area contributed by atoms with Crippen molar-refractivity contribution in [1.29, 1.82) is 0 Å². The summed E-state index contributed by atoms with van der Waals surface area (Å²) in [6.45, 7) is 0.435. The van der Waals surface area contributed by atoms with Crippen LogP contribution in [0.4, 0.5) is 8.78 Å². The SMILES string of the molecule is Fc1ccc2c(c1)[nH]c(=S)n2Cc1ccc(F)c(Cl)c1. The molecule has 0 amide bonds. The fourth-order valence-electron chi connectivity index (χ4n) is 2.11. The highest BCUT2D eigenvalue weighted by Gasteiger charge is 2.07. The predicted octanol–water partition coefficient (Wildman–Crippen LogP) is 4.68. The van der Waals surface area contributed by atoms with E-state index in [1.165, 1.54) is 18.2 Å². The first-order valence-electron chi connectivity index (χ1n) is 5.86. The number of fused-ring (bicyclic) bond motifs is 1. The first-order valence-corrected chi connectivity index (χ1v) is 6.65. The molecule has 1 aromatic heterocycles. The Labute approximate surface area is 123 Å². The van der Waals surface area contributed by atoms with Crippen molar-refractivity contribution < 1.29 is 8.78 Å². The summed E-state index contributed by atoms with van der Waals surface area (Å²) in [5, 5.41) is 0.0694. The lowest BCUT2D eigenvalue weighted by atomic mass is 10.2. The summed E-state index contributed by atoms with van der Waals surface area (Å²) >= 11 is 11.0. The molecule has 0 aliphatic carbocycles. The first kappa shape index (κ1) is 13.3. The minimum atomic E-state index is -0.458. The van der Waals surface area contributed by atoms with E-state index in [-0.39, 0.29) is 10.8 Å². The number of H-pyrrole nitrogens is 1. The zero-order valence-corrected chi connectivity index (χ0v) is 11.7. The smallest absolute Gasteiger partial charge is 0.178 e. The molecule has 0 bridgehead atoms. The Morgan fingerprint density at radius 2 is 1.95 bits per heavy atom. The average molecular weight is 311 g/mol. The van der Waals surface area contributed by atoms with Crippen LogP contribution in [-0.2, 0) is 6.54 Å². The van der Waals surface area contributed by atoms with Crippen molar-refractivity contribution in [1.82, 2.24) is 9.55 Å². The molecule has 0 aliphatic heterocycles. The van der Waals surface area contributed by atoms with Gasteiger partial charge in [-0.2, -0.15) is 0 Å². The summed E-state index contributed by atoms with van der Waals surface area (Å²) in [5.74, 6) is -0.786. The third-order valence-corrected chi connectivity index (χ3v) is 3.67. The van der Waals surface area contributed by atoms with Gasteiger partial charge in [-0.3, -0.25) is 0 Å². The Bertz CT molecular complexity index is 854. The fourth-order valence-corrected chi connectivity index (χ4v) is 2.59. The molecule has 6 heteroatoms. The van der Waals surface area contributed by atoms with Crippen molar-refractivity contribution >= 4 is 34.9 Å². The van der Waals surface area contributed by atoms with Gasteiger partial charge < -0.3 is 9.55 Å². The first-order chi connectivity index (χ1) is 9.54. The Hall–Kier alpha value is -1.72. The summed E-state index contributed by atoms with van der Waals surface area (Å²) < 4.78 is 28.6. The number of rotatable bonds is 2. The zero-order valence-electron chi connectivity index (χ0n) is 10.2. The Morgan fingerprint density at radius 1 is 1.15 bits per heavy atom. The Morgan fingerprint density at radius 3 is 2.70 bits per heavy atom. The van der Waals surface area contributed by atoms with Crippen LogP contribution in [0.2, 0.25) is 5.02 Å². The maximum atomic E-state index is 13.2. The van der Waals surface area contributed by atoms with Crippen molar-refractivity contribution in [3.8, 4) is 0 Å². The fraction of sp³-hybridized carbons (Fsp3) is 0.0714. The number of benzene rings is 2. The van der Waals surface area contributed by atoms with Crippen molar-refractivity contribution in [2.24, 2.45) is 0 Å². The van der Waals surface area contributed by atoms with Crippen LogP contribution in [0.1, 0.15) is 5.56 Å². The topological polar surface area (TPSA) is 20.7 Å². The van der Waals surface area contributed by atoms with Crippen LogP contribution in [0.5, 0.6) is 0 Å². The van der Waals surface area contributed by atoms with Gasteiger partial charge in [-0.15, -0.1) is 0 Å². The molecule has 0 saturated heterocycles. The van der Waals surface area contributed by atoms with E-state index in [4.69, 9.17) is 23.8 Å². The number of aromatic nitrogens is 2. The maximum absolute atomic E-state index is 13.2. The Kier molecular flexibility index (Phi) is 3.31. The summed E-state index contributed by atoms with van der Waals surface area (Å²) in [7, 11) is 0. The number of hydrogen-bond donors (Lipinski definition) is 1. The molecule has 1 N–H and O–H groups in total. The number of imidazole rings is 1. The quantitative estimate of drug-likeness (QED) is 0.682. The molecule has 20 heavy (non-hydrogen) atoms. The van der Waals surface area contributed by atoms with E-state index < -0.39 is 5.82 Å². The standard InChI is InChI=1S/C14H9ClF2N2S/c15-10-5-8(1-3-11(10)17)7-19-13-4-2-9(16)6-12(13)18-14(19)20/h1-6H,7H2,(H,18,20). The molecule has 1 heterocycles. The van der Waals surface area contributed by atoms with Crippen LogP contribution in [0.25, 0.3) is 11.0 Å². The molecule has 102 valence electrons. The zero-order chi connectivity index (χ0) is 14.3. The molecule has 0 fully saturated rings. The van der Waals surface area contributed by atoms with E-state index in [1.807, 2.05) is 4.57 Å². The lowest BCUT2D eigenvalue weighted by Crippen LogP contribution is -2.00. The van der Waals surface area contributed by atoms with E-state index in [2.05, 4.69) is 4.98 Å². The van der Waals surface area contributed by atoms with Gasteiger partial charge in [0.25, 0.3) is 0 Å². The normalized spacial score (nSPS) is 11.2. The van der Waals surface area contributed by atoms with Crippen LogP contribution in [0.3, 0.4) is 0 Å². The minimum absolute atomic E-state index is 0.0694. The van der Waals surface area contributed by atoms with Crippen LogP contribution in [0, 0.1) is 16.4 Å². The van der Waals surface area contributed by atoms with Gasteiger partial charge in [-0.1, -0.05) is 17.7 Å². The third kappa shape index (κ3) is 2.34. The van der Waals surface area contributed by atoms with Crippen LogP contribution < -0.4 is 0 Å². The highest BCUT2D eigenvalue weighted by Crippen LogP contribution is 2.20. The Balaban J connectivity index is 2.08. The van der Waals surface area contributed by atoms with Gasteiger partial charge in [-0.25, -0.2) is 8.78 Å². The van der Waals surface area contributed by atoms with Crippen LogP contribution in [-0.4, -0.2) is 9.55 Å². The van der Waals surface area contributed by atoms with E-state index in [1.54, 1.807) is 18.2 Å². The summed E-state index contributed by atoms with van der Waals surface area (Å²) in [5.41, 5.74) is 2.23. The number of aromatic amines is 1. The molecule has 0 unspecified atom stereocenters. The van der Waals surface area contributed by atoms with Gasteiger partial charge in [0, 0.05) is 0 Å². The van der Waals surface area contributed by atoms with Gasteiger partial charge in [0.05, 0.1) is 22.6 Å². The molecular weight excluding hydrogens is 302 g/mol. The number of nitrogens with one attached hydrogen (secondary N) is 1. The highest BCUT2D eigenvalue weighted by atomic mass is 35.5. The summed E-state index contributed by atoms with van der Waals surface area (Å²) in [4.78, 5) is 2.94. The van der Waals surface area contributed by atoms with E-state index >= 15 is 0 Å². The van der Waals surface area contributed by atoms with Gasteiger partial charge in [0.15, 0.2) is 4.77 Å². The summed E-state index contributed by atoms with van der Waals surface area (Å²) in [6, 6.07) is 8.93. The van der Waals surface area contributed by atoms with E-state index in [0.29, 0.717) is 16.8 Å². The third-order valence-electron chi connectivity index (χ3n) is 3.06. The molecule has 0 atom stereocenters. The molecule has 2 aromatic carbocycles. The monoisotopic (exact) mass is 310 g/mol.